The molecule has 0 bridgehead atoms. The van der Waals surface area contributed by atoms with E-state index in [9.17, 15) is 5.11 Å². The van der Waals surface area contributed by atoms with Crippen LogP contribution in [-0.4, -0.2) is 33.7 Å². The van der Waals surface area contributed by atoms with Crippen molar-refractivity contribution in [1.29, 1.82) is 0 Å². The van der Waals surface area contributed by atoms with Gasteiger partial charge in [-0.25, -0.2) is 0 Å². The average molecular weight is 268 g/mol. The highest BCUT2D eigenvalue weighted by Crippen LogP contribution is 2.19. The smallest absolute Gasteiger partial charge is 0.0650 e. The number of methoxy groups -OCH3 is 1. The molecule has 0 fully saturated rings. The van der Waals surface area contributed by atoms with E-state index >= 15 is 0 Å². The highest BCUT2D eigenvalue weighted by molar-refractivity contribution is 5.02. The van der Waals surface area contributed by atoms with Gasteiger partial charge in [-0.15, -0.1) is 0 Å². The van der Waals surface area contributed by atoms with E-state index in [4.69, 9.17) is 4.74 Å². The van der Waals surface area contributed by atoms with E-state index in [2.05, 4.69) is 18.9 Å². The van der Waals surface area contributed by atoms with Gasteiger partial charge in [0.25, 0.3) is 0 Å². The SMILES string of the molecule is CCC(CC)n1ccc(CC(O)CC(C)(C)OC)n1. The monoisotopic (exact) mass is 268 g/mol. The summed E-state index contributed by atoms with van der Waals surface area (Å²) in [7, 11) is 1.68. The molecule has 1 rings (SSSR count). The van der Waals surface area contributed by atoms with Gasteiger partial charge in [0.15, 0.2) is 0 Å². The minimum atomic E-state index is -0.417. The minimum Gasteiger partial charge on any atom is -0.393 e. The van der Waals surface area contributed by atoms with Crippen molar-refractivity contribution in [2.75, 3.05) is 7.11 Å². The zero-order valence-corrected chi connectivity index (χ0v) is 12.9. The predicted molar refractivity (Wildman–Crippen MR) is 77.3 cm³/mol. The Balaban J connectivity index is 2.58. The van der Waals surface area contributed by atoms with E-state index in [0.717, 1.165) is 18.5 Å². The Morgan fingerprint density at radius 2 is 2.00 bits per heavy atom. The van der Waals surface area contributed by atoms with E-state index in [0.29, 0.717) is 18.9 Å². The van der Waals surface area contributed by atoms with Crippen LogP contribution in [0.4, 0.5) is 0 Å². The first-order valence-corrected chi connectivity index (χ1v) is 7.19. The number of hydrogen-bond donors (Lipinski definition) is 1. The van der Waals surface area contributed by atoms with Crippen molar-refractivity contribution in [3.05, 3.63) is 18.0 Å². The molecule has 0 amide bonds. The fourth-order valence-corrected chi connectivity index (χ4v) is 2.32. The molecular weight excluding hydrogens is 240 g/mol. The highest BCUT2D eigenvalue weighted by atomic mass is 16.5. The average Bonchev–Trinajstić information content (AvgIpc) is 2.78. The summed E-state index contributed by atoms with van der Waals surface area (Å²) >= 11 is 0. The first-order valence-electron chi connectivity index (χ1n) is 7.19. The largest absolute Gasteiger partial charge is 0.393 e. The molecular formula is C15H28N2O2. The molecule has 1 unspecified atom stereocenters. The minimum absolute atomic E-state index is 0.294. The van der Waals surface area contributed by atoms with Crippen LogP contribution in [0.2, 0.25) is 0 Å². The molecule has 0 saturated carbocycles. The summed E-state index contributed by atoms with van der Waals surface area (Å²) < 4.78 is 7.36. The quantitative estimate of drug-likeness (QED) is 0.788. The van der Waals surface area contributed by atoms with Crippen molar-refractivity contribution >= 4 is 0 Å². The number of rotatable bonds is 8. The molecule has 1 aromatic heterocycles. The normalized spacial score (nSPS) is 14.1. The maximum Gasteiger partial charge on any atom is 0.0650 e. The van der Waals surface area contributed by atoms with Gasteiger partial charge < -0.3 is 9.84 Å². The van der Waals surface area contributed by atoms with Crippen molar-refractivity contribution in [1.82, 2.24) is 9.78 Å². The Hall–Kier alpha value is -0.870. The summed E-state index contributed by atoms with van der Waals surface area (Å²) in [6.45, 7) is 8.31. The lowest BCUT2D eigenvalue weighted by atomic mass is 9.98. The summed E-state index contributed by atoms with van der Waals surface area (Å²) in [6.07, 6.45) is 4.95. The lowest BCUT2D eigenvalue weighted by molar-refractivity contribution is -0.0192. The molecule has 110 valence electrons. The molecule has 0 aliphatic rings. The molecule has 0 saturated heterocycles. The van der Waals surface area contributed by atoms with E-state index in [1.54, 1.807) is 7.11 Å². The fraction of sp³-hybridized carbons (Fsp3) is 0.800. The number of hydrogen-bond acceptors (Lipinski definition) is 3. The third-order valence-corrected chi connectivity index (χ3v) is 3.70. The number of aliphatic hydroxyl groups excluding tert-OH is 1. The highest BCUT2D eigenvalue weighted by Gasteiger charge is 2.22. The van der Waals surface area contributed by atoms with Gasteiger partial charge in [-0.1, -0.05) is 13.8 Å². The van der Waals surface area contributed by atoms with Gasteiger partial charge in [-0.3, -0.25) is 4.68 Å². The van der Waals surface area contributed by atoms with Crippen molar-refractivity contribution in [2.24, 2.45) is 0 Å². The first kappa shape index (κ1) is 16.2. The van der Waals surface area contributed by atoms with Gasteiger partial charge in [-0.2, -0.15) is 5.10 Å². The summed E-state index contributed by atoms with van der Waals surface area (Å²) in [5, 5.41) is 14.7. The number of aliphatic hydroxyl groups is 1. The van der Waals surface area contributed by atoms with Crippen molar-refractivity contribution in [2.45, 2.75) is 71.1 Å². The molecule has 4 heteroatoms. The van der Waals surface area contributed by atoms with Gasteiger partial charge in [0.2, 0.25) is 0 Å². The standard InChI is InChI=1S/C15H28N2O2/c1-6-13(7-2)17-9-8-12(16-17)10-14(18)11-15(3,4)19-5/h8-9,13-14,18H,6-7,10-11H2,1-5H3. The molecule has 1 N–H and O–H groups in total. The predicted octanol–water partition coefficient (Wildman–Crippen LogP) is 2.96. The molecule has 19 heavy (non-hydrogen) atoms. The molecule has 0 spiro atoms. The summed E-state index contributed by atoms with van der Waals surface area (Å²) in [5.41, 5.74) is 0.656. The van der Waals surface area contributed by atoms with E-state index in [1.807, 2.05) is 30.8 Å². The first-order chi connectivity index (χ1) is 8.91. The second kappa shape index (κ2) is 7.06. The van der Waals surface area contributed by atoms with Crippen LogP contribution < -0.4 is 0 Å². The Kier molecular flexibility index (Phi) is 6.01. The van der Waals surface area contributed by atoms with Crippen LogP contribution in [-0.2, 0) is 11.2 Å². The third kappa shape index (κ3) is 4.96. The van der Waals surface area contributed by atoms with E-state index in [1.165, 1.54) is 0 Å². The zero-order valence-electron chi connectivity index (χ0n) is 12.9. The molecule has 4 nitrogen and oxygen atoms in total. The lowest BCUT2D eigenvalue weighted by Gasteiger charge is -2.25. The van der Waals surface area contributed by atoms with Gasteiger partial charge in [0.05, 0.1) is 23.4 Å². The van der Waals surface area contributed by atoms with Crippen LogP contribution in [0.3, 0.4) is 0 Å². The van der Waals surface area contributed by atoms with E-state index < -0.39 is 6.10 Å². The van der Waals surface area contributed by atoms with Gasteiger partial charge in [-0.05, 0) is 32.8 Å². The van der Waals surface area contributed by atoms with Crippen LogP contribution in [0.1, 0.15) is 58.7 Å². The van der Waals surface area contributed by atoms with Crippen molar-refractivity contribution in [3.63, 3.8) is 0 Å². The molecule has 1 atom stereocenters. The number of nitrogens with zero attached hydrogens (tertiary/aromatic N) is 2. The van der Waals surface area contributed by atoms with Crippen LogP contribution in [0.25, 0.3) is 0 Å². The lowest BCUT2D eigenvalue weighted by Crippen LogP contribution is -2.29. The number of aromatic nitrogens is 2. The third-order valence-electron chi connectivity index (χ3n) is 3.70. The van der Waals surface area contributed by atoms with E-state index in [-0.39, 0.29) is 5.60 Å². The van der Waals surface area contributed by atoms with Gasteiger partial charge in [0.1, 0.15) is 0 Å². The molecule has 0 aliphatic carbocycles. The molecule has 1 aromatic rings. The Bertz CT molecular complexity index is 370. The Labute approximate surface area is 116 Å². The Morgan fingerprint density at radius 3 is 2.53 bits per heavy atom. The summed E-state index contributed by atoms with van der Waals surface area (Å²) in [4.78, 5) is 0. The topological polar surface area (TPSA) is 47.3 Å². The molecule has 0 aliphatic heterocycles. The van der Waals surface area contributed by atoms with Crippen molar-refractivity contribution < 1.29 is 9.84 Å². The Morgan fingerprint density at radius 1 is 1.37 bits per heavy atom. The fourth-order valence-electron chi connectivity index (χ4n) is 2.32. The number of ether oxygens (including phenoxy) is 1. The second-order valence-electron chi connectivity index (χ2n) is 5.78. The maximum absolute atomic E-state index is 10.1. The molecule has 0 aromatic carbocycles. The van der Waals surface area contributed by atoms with Gasteiger partial charge >= 0.3 is 0 Å². The van der Waals surface area contributed by atoms with Crippen molar-refractivity contribution in [3.8, 4) is 0 Å². The van der Waals surface area contributed by atoms with Crippen LogP contribution in [0.5, 0.6) is 0 Å². The van der Waals surface area contributed by atoms with Crippen LogP contribution in [0, 0.1) is 0 Å². The molecule has 0 radical (unpaired) electrons. The maximum atomic E-state index is 10.1. The van der Waals surface area contributed by atoms with Crippen LogP contribution >= 0.6 is 0 Å². The second-order valence-corrected chi connectivity index (χ2v) is 5.78. The summed E-state index contributed by atoms with van der Waals surface area (Å²) in [5.74, 6) is 0. The van der Waals surface area contributed by atoms with Gasteiger partial charge in [0, 0.05) is 26.1 Å². The van der Waals surface area contributed by atoms with Crippen LogP contribution in [0.15, 0.2) is 12.3 Å². The molecule has 1 heterocycles. The zero-order chi connectivity index (χ0) is 14.5. The summed E-state index contributed by atoms with van der Waals surface area (Å²) in [6, 6.07) is 2.46.